The molecule has 1 aliphatic rings. The molecule has 0 aliphatic carbocycles. The quantitative estimate of drug-likeness (QED) is 0.845. The molecule has 2 N–H and O–H groups in total. The van der Waals surface area contributed by atoms with Gasteiger partial charge >= 0.3 is 0 Å². The zero-order valence-corrected chi connectivity index (χ0v) is 11.1. The molecular formula is C16H14O5. The average molecular weight is 286 g/mol. The van der Waals surface area contributed by atoms with E-state index >= 15 is 0 Å². The Labute approximate surface area is 121 Å². The second kappa shape index (κ2) is 5.46. The van der Waals surface area contributed by atoms with E-state index in [2.05, 4.69) is 0 Å². The van der Waals surface area contributed by atoms with Crippen LogP contribution < -0.4 is 9.47 Å². The van der Waals surface area contributed by atoms with Gasteiger partial charge in [0.2, 0.25) is 0 Å². The fourth-order valence-corrected chi connectivity index (χ4v) is 2.30. The molecule has 0 fully saturated rings. The van der Waals surface area contributed by atoms with Crippen molar-refractivity contribution in [2.45, 2.75) is 12.2 Å². The van der Waals surface area contributed by atoms with Crippen molar-refractivity contribution in [3.05, 3.63) is 53.6 Å². The highest BCUT2D eigenvalue weighted by atomic mass is 16.6. The minimum atomic E-state index is -0.580. The summed E-state index contributed by atoms with van der Waals surface area (Å²) in [5.41, 5.74) is 1.27. The van der Waals surface area contributed by atoms with Crippen LogP contribution in [0.2, 0.25) is 0 Å². The maximum Gasteiger partial charge on any atom is 0.163 e. The van der Waals surface area contributed by atoms with E-state index in [-0.39, 0.29) is 12.4 Å². The number of rotatable bonds is 3. The largest absolute Gasteiger partial charge is 0.508 e. The number of carbonyl (C=O) groups is 1. The summed E-state index contributed by atoms with van der Waals surface area (Å²) in [4.78, 5) is 10.8. The summed E-state index contributed by atoms with van der Waals surface area (Å²) in [7, 11) is 0. The van der Waals surface area contributed by atoms with Crippen LogP contribution in [0.1, 0.15) is 22.0 Å². The molecule has 108 valence electrons. The lowest BCUT2D eigenvalue weighted by atomic mass is 10.0. The molecule has 0 unspecified atom stereocenters. The van der Waals surface area contributed by atoms with Crippen molar-refractivity contribution in [2.75, 3.05) is 6.61 Å². The Bertz CT molecular complexity index is 650. The van der Waals surface area contributed by atoms with Gasteiger partial charge in [-0.15, -0.1) is 0 Å². The fourth-order valence-electron chi connectivity index (χ4n) is 2.30. The molecule has 2 atom stereocenters. The van der Waals surface area contributed by atoms with Crippen molar-refractivity contribution in [2.24, 2.45) is 0 Å². The van der Waals surface area contributed by atoms with Gasteiger partial charge in [0, 0.05) is 5.56 Å². The highest BCUT2D eigenvalue weighted by Crippen LogP contribution is 2.40. The topological polar surface area (TPSA) is 76.0 Å². The van der Waals surface area contributed by atoms with Gasteiger partial charge < -0.3 is 19.7 Å². The molecule has 0 bridgehead atoms. The summed E-state index contributed by atoms with van der Waals surface area (Å²) in [5.74, 6) is 1.11. The molecule has 0 aromatic heterocycles. The lowest BCUT2D eigenvalue weighted by Gasteiger charge is -2.33. The lowest BCUT2D eigenvalue weighted by molar-refractivity contribution is -0.0123. The predicted octanol–water partition coefficient (Wildman–Crippen LogP) is 2.08. The molecule has 2 aromatic rings. The zero-order valence-electron chi connectivity index (χ0n) is 11.1. The van der Waals surface area contributed by atoms with Gasteiger partial charge in [-0.3, -0.25) is 4.79 Å². The van der Waals surface area contributed by atoms with Gasteiger partial charge in [-0.2, -0.15) is 0 Å². The number of aldehydes is 1. The zero-order chi connectivity index (χ0) is 14.8. The number of aliphatic hydroxyl groups excluding tert-OH is 1. The highest BCUT2D eigenvalue weighted by Gasteiger charge is 2.32. The number of ether oxygens (including phenoxy) is 2. The van der Waals surface area contributed by atoms with E-state index in [1.54, 1.807) is 42.5 Å². The normalized spacial score (nSPS) is 20.0. The van der Waals surface area contributed by atoms with Crippen molar-refractivity contribution in [3.8, 4) is 17.2 Å². The summed E-state index contributed by atoms with van der Waals surface area (Å²) in [6, 6.07) is 11.4. The first-order valence-electron chi connectivity index (χ1n) is 6.53. The van der Waals surface area contributed by atoms with Crippen molar-refractivity contribution in [1.29, 1.82) is 0 Å². The molecule has 0 amide bonds. The SMILES string of the molecule is O=Cc1ccc2c(c1)O[C@@H](CO)[C@H](c1ccc(O)cc1)O2. The molecule has 1 heterocycles. The van der Waals surface area contributed by atoms with Crippen LogP contribution in [0.5, 0.6) is 17.2 Å². The maximum atomic E-state index is 10.8. The average Bonchev–Trinajstić information content (AvgIpc) is 2.53. The van der Waals surface area contributed by atoms with E-state index < -0.39 is 12.2 Å². The van der Waals surface area contributed by atoms with E-state index in [4.69, 9.17) is 9.47 Å². The van der Waals surface area contributed by atoms with Crippen LogP contribution in [0.15, 0.2) is 42.5 Å². The molecule has 2 aromatic carbocycles. The molecular weight excluding hydrogens is 272 g/mol. The number of aromatic hydroxyl groups is 1. The lowest BCUT2D eigenvalue weighted by Crippen LogP contribution is -2.36. The third-order valence-corrected chi connectivity index (χ3v) is 3.38. The number of phenols is 1. The van der Waals surface area contributed by atoms with E-state index in [9.17, 15) is 15.0 Å². The first-order valence-corrected chi connectivity index (χ1v) is 6.53. The number of aliphatic hydroxyl groups is 1. The summed E-state index contributed by atoms with van der Waals surface area (Å²) < 4.78 is 11.6. The van der Waals surface area contributed by atoms with E-state index in [1.807, 2.05) is 0 Å². The minimum Gasteiger partial charge on any atom is -0.508 e. The second-order valence-corrected chi connectivity index (χ2v) is 4.79. The van der Waals surface area contributed by atoms with Gasteiger partial charge in [-0.05, 0) is 35.9 Å². The summed E-state index contributed by atoms with van der Waals surface area (Å²) in [6.45, 7) is -0.226. The van der Waals surface area contributed by atoms with Gasteiger partial charge in [0.1, 0.15) is 12.0 Å². The van der Waals surface area contributed by atoms with Crippen LogP contribution in [0.25, 0.3) is 0 Å². The molecule has 5 heteroatoms. The smallest absolute Gasteiger partial charge is 0.163 e. The number of carbonyl (C=O) groups excluding carboxylic acids is 1. The van der Waals surface area contributed by atoms with Gasteiger partial charge in [-0.1, -0.05) is 12.1 Å². The predicted molar refractivity (Wildman–Crippen MR) is 74.8 cm³/mol. The third-order valence-electron chi connectivity index (χ3n) is 3.38. The molecule has 0 spiro atoms. The minimum absolute atomic E-state index is 0.159. The monoisotopic (exact) mass is 286 g/mol. The van der Waals surface area contributed by atoms with Gasteiger partial charge in [-0.25, -0.2) is 0 Å². The number of hydrogen-bond acceptors (Lipinski definition) is 5. The maximum absolute atomic E-state index is 10.8. The van der Waals surface area contributed by atoms with Gasteiger partial charge in [0.15, 0.2) is 23.7 Å². The first kappa shape index (κ1) is 13.5. The molecule has 1 aliphatic heterocycles. The third kappa shape index (κ3) is 2.55. The van der Waals surface area contributed by atoms with Crippen LogP contribution in [-0.2, 0) is 0 Å². The molecule has 0 saturated heterocycles. The standard InChI is InChI=1S/C16H14O5/c17-8-10-1-6-13-14(7-10)20-15(9-18)16(21-13)11-2-4-12(19)5-3-11/h1-8,15-16,18-19H,9H2/t15-,16-/m0/s1. The van der Waals surface area contributed by atoms with Crippen LogP contribution >= 0.6 is 0 Å². The van der Waals surface area contributed by atoms with Crippen LogP contribution in [-0.4, -0.2) is 29.2 Å². The number of phenolic OH excluding ortho intramolecular Hbond substituents is 1. The molecule has 5 nitrogen and oxygen atoms in total. The van der Waals surface area contributed by atoms with Crippen LogP contribution in [0.4, 0.5) is 0 Å². The van der Waals surface area contributed by atoms with Crippen molar-refractivity contribution in [1.82, 2.24) is 0 Å². The molecule has 21 heavy (non-hydrogen) atoms. The van der Waals surface area contributed by atoms with Gasteiger partial charge in [0.25, 0.3) is 0 Å². The number of fused-ring (bicyclic) bond motifs is 1. The van der Waals surface area contributed by atoms with E-state index in [0.717, 1.165) is 11.8 Å². The Hall–Kier alpha value is -2.53. The fraction of sp³-hybridized carbons (Fsp3) is 0.188. The van der Waals surface area contributed by atoms with Crippen LogP contribution in [0.3, 0.4) is 0 Å². The van der Waals surface area contributed by atoms with E-state index in [1.165, 1.54) is 0 Å². The van der Waals surface area contributed by atoms with Crippen molar-refractivity contribution < 1.29 is 24.5 Å². The number of hydrogen-bond donors (Lipinski definition) is 2. The Kier molecular flexibility index (Phi) is 3.50. The first-order chi connectivity index (χ1) is 10.2. The summed E-state index contributed by atoms with van der Waals surface area (Å²) >= 11 is 0. The second-order valence-electron chi connectivity index (χ2n) is 4.79. The Balaban J connectivity index is 1.95. The highest BCUT2D eigenvalue weighted by molar-refractivity contribution is 5.76. The van der Waals surface area contributed by atoms with Crippen molar-refractivity contribution >= 4 is 6.29 Å². The number of benzene rings is 2. The van der Waals surface area contributed by atoms with Gasteiger partial charge in [0.05, 0.1) is 6.61 Å². The molecule has 0 saturated carbocycles. The van der Waals surface area contributed by atoms with Crippen molar-refractivity contribution in [3.63, 3.8) is 0 Å². The molecule has 3 rings (SSSR count). The summed E-state index contributed by atoms with van der Waals surface area (Å²) in [6.07, 6.45) is -0.335. The Morgan fingerprint density at radius 1 is 1.05 bits per heavy atom. The van der Waals surface area contributed by atoms with Crippen LogP contribution in [0, 0.1) is 0 Å². The van der Waals surface area contributed by atoms with E-state index in [0.29, 0.717) is 17.1 Å². The Morgan fingerprint density at radius 3 is 2.48 bits per heavy atom. The molecule has 0 radical (unpaired) electrons. The Morgan fingerprint density at radius 2 is 1.81 bits per heavy atom. The summed E-state index contributed by atoms with van der Waals surface area (Å²) in [5, 5.41) is 18.8.